The van der Waals surface area contributed by atoms with Crippen molar-refractivity contribution in [1.82, 2.24) is 9.80 Å². The number of hydrogen-bond donors (Lipinski definition) is 4. The average molecular weight is 289 g/mol. The Kier molecular flexibility index (Phi) is 13.6. The number of hydrogen-bond acceptors (Lipinski definition) is 6. The van der Waals surface area contributed by atoms with E-state index in [-0.39, 0.29) is 6.61 Å². The molecule has 0 aliphatic heterocycles. The molecule has 0 heterocycles. The van der Waals surface area contributed by atoms with E-state index in [4.69, 9.17) is 22.3 Å². The summed E-state index contributed by atoms with van der Waals surface area (Å²) in [5.74, 6) is 0. The van der Waals surface area contributed by atoms with Gasteiger partial charge in [-0.3, -0.25) is 9.80 Å². The normalized spacial score (nSPS) is 13.3. The maximum absolute atomic E-state index is 9.03. The molecule has 122 valence electrons. The van der Waals surface area contributed by atoms with Crippen LogP contribution < -0.4 is 17.2 Å². The average Bonchev–Trinajstić information content (AvgIpc) is 2.44. The van der Waals surface area contributed by atoms with Gasteiger partial charge in [0.25, 0.3) is 0 Å². The summed E-state index contributed by atoms with van der Waals surface area (Å²) >= 11 is 0. The van der Waals surface area contributed by atoms with E-state index < -0.39 is 0 Å². The van der Waals surface area contributed by atoms with Crippen LogP contribution in [-0.4, -0.2) is 79.9 Å². The van der Waals surface area contributed by atoms with Gasteiger partial charge in [-0.15, -0.1) is 0 Å². The minimum absolute atomic E-state index is 0.198. The summed E-state index contributed by atoms with van der Waals surface area (Å²) in [5.41, 5.74) is 16.9. The van der Waals surface area contributed by atoms with E-state index in [2.05, 4.69) is 16.7 Å². The number of rotatable bonds is 14. The fourth-order valence-electron chi connectivity index (χ4n) is 2.66. The predicted molar refractivity (Wildman–Crippen MR) is 85.6 cm³/mol. The van der Waals surface area contributed by atoms with E-state index in [9.17, 15) is 0 Å². The van der Waals surface area contributed by atoms with E-state index in [1.54, 1.807) is 0 Å². The molecule has 0 bridgehead atoms. The second kappa shape index (κ2) is 13.7. The zero-order valence-corrected chi connectivity index (χ0v) is 13.1. The van der Waals surface area contributed by atoms with Crippen LogP contribution in [0.2, 0.25) is 0 Å². The van der Waals surface area contributed by atoms with Gasteiger partial charge in [0.2, 0.25) is 0 Å². The summed E-state index contributed by atoms with van der Waals surface area (Å²) in [7, 11) is 0. The summed E-state index contributed by atoms with van der Waals surface area (Å²) in [6.07, 6.45) is 3.38. The quantitative estimate of drug-likeness (QED) is 0.327. The van der Waals surface area contributed by atoms with Crippen LogP contribution in [0.1, 0.15) is 26.2 Å². The topological polar surface area (TPSA) is 105 Å². The Hall–Kier alpha value is -0.240. The third kappa shape index (κ3) is 8.84. The maximum atomic E-state index is 9.03. The zero-order valence-electron chi connectivity index (χ0n) is 13.1. The van der Waals surface area contributed by atoms with Gasteiger partial charge in [0.05, 0.1) is 6.61 Å². The molecule has 1 unspecified atom stereocenters. The van der Waals surface area contributed by atoms with E-state index in [1.165, 1.54) is 0 Å². The molecular weight excluding hydrogens is 254 g/mol. The molecule has 0 aromatic heterocycles. The van der Waals surface area contributed by atoms with Crippen LogP contribution in [0.25, 0.3) is 0 Å². The van der Waals surface area contributed by atoms with E-state index in [0.717, 1.165) is 45.4 Å². The summed E-state index contributed by atoms with van der Waals surface area (Å²) < 4.78 is 0. The smallest absolute Gasteiger partial charge is 0.0558 e. The van der Waals surface area contributed by atoms with Gasteiger partial charge in [0.15, 0.2) is 0 Å². The molecule has 20 heavy (non-hydrogen) atoms. The third-order valence-corrected chi connectivity index (χ3v) is 3.69. The maximum Gasteiger partial charge on any atom is 0.0558 e. The van der Waals surface area contributed by atoms with Crippen molar-refractivity contribution in [2.75, 3.05) is 59.0 Å². The van der Waals surface area contributed by atoms with Crippen LogP contribution in [0.3, 0.4) is 0 Å². The Labute approximate surface area is 124 Å². The van der Waals surface area contributed by atoms with Gasteiger partial charge in [-0.25, -0.2) is 0 Å². The van der Waals surface area contributed by atoms with Crippen LogP contribution in [0.4, 0.5) is 0 Å². The lowest BCUT2D eigenvalue weighted by atomic mass is 10.1. The second-order valence-corrected chi connectivity index (χ2v) is 5.17. The molecule has 0 aliphatic carbocycles. The molecule has 0 spiro atoms. The number of aliphatic hydroxyl groups is 1. The highest BCUT2D eigenvalue weighted by molar-refractivity contribution is 4.72. The fraction of sp³-hybridized carbons (Fsp3) is 1.00. The Bertz CT molecular complexity index is 194. The minimum atomic E-state index is 0.198. The molecule has 1 atom stereocenters. The van der Waals surface area contributed by atoms with E-state index in [0.29, 0.717) is 32.2 Å². The van der Waals surface area contributed by atoms with Crippen molar-refractivity contribution < 1.29 is 5.11 Å². The lowest BCUT2D eigenvalue weighted by Gasteiger charge is -2.31. The number of nitrogens with two attached hydrogens (primary N) is 3. The van der Waals surface area contributed by atoms with E-state index >= 15 is 0 Å². The molecule has 0 amide bonds. The highest BCUT2D eigenvalue weighted by Crippen LogP contribution is 2.11. The summed E-state index contributed by atoms with van der Waals surface area (Å²) in [6, 6.07) is 0.552. The first-order chi connectivity index (χ1) is 9.73. The molecule has 6 heteroatoms. The highest BCUT2D eigenvalue weighted by atomic mass is 16.3. The van der Waals surface area contributed by atoms with Crippen molar-refractivity contribution in [2.45, 2.75) is 32.2 Å². The van der Waals surface area contributed by atoms with Crippen LogP contribution in [0.5, 0.6) is 0 Å². The van der Waals surface area contributed by atoms with Crippen LogP contribution >= 0.6 is 0 Å². The van der Waals surface area contributed by atoms with Gasteiger partial charge in [-0.1, -0.05) is 6.92 Å². The van der Waals surface area contributed by atoms with Gasteiger partial charge in [0, 0.05) is 51.9 Å². The Morgan fingerprint density at radius 1 is 0.900 bits per heavy atom. The Morgan fingerprint density at radius 2 is 1.50 bits per heavy atom. The van der Waals surface area contributed by atoms with Gasteiger partial charge in [0.1, 0.15) is 0 Å². The van der Waals surface area contributed by atoms with Crippen molar-refractivity contribution in [3.8, 4) is 0 Å². The van der Waals surface area contributed by atoms with Crippen LogP contribution in [0, 0.1) is 0 Å². The lowest BCUT2D eigenvalue weighted by Crippen LogP contribution is -2.42. The van der Waals surface area contributed by atoms with Gasteiger partial charge < -0.3 is 22.3 Å². The van der Waals surface area contributed by atoms with E-state index in [1.807, 2.05) is 0 Å². The second-order valence-electron chi connectivity index (χ2n) is 5.17. The molecule has 6 nitrogen and oxygen atoms in total. The molecule has 0 rings (SSSR count). The van der Waals surface area contributed by atoms with Crippen molar-refractivity contribution in [1.29, 1.82) is 0 Å². The molecule has 0 radical (unpaired) electrons. The summed E-state index contributed by atoms with van der Waals surface area (Å²) in [6.45, 7) is 8.81. The molecule has 0 fully saturated rings. The van der Waals surface area contributed by atoms with Crippen molar-refractivity contribution in [2.24, 2.45) is 17.2 Å². The number of nitrogens with zero attached hydrogens (tertiary/aromatic N) is 2. The van der Waals surface area contributed by atoms with Gasteiger partial charge >= 0.3 is 0 Å². The first-order valence-corrected chi connectivity index (χ1v) is 7.90. The molecule has 0 aromatic carbocycles. The standard InChI is InChI=1S/C14H35N5O/c1-2-14(19(10-6-16)11-7-17)4-3-8-18(9-5-15)12-13-20/h14,20H,2-13,15-17H2,1H3. The molecular formula is C14H35N5O. The highest BCUT2D eigenvalue weighted by Gasteiger charge is 2.15. The Balaban J connectivity index is 4.13. The third-order valence-electron chi connectivity index (χ3n) is 3.69. The summed E-state index contributed by atoms with van der Waals surface area (Å²) in [4.78, 5) is 4.63. The molecule has 0 saturated carbocycles. The first kappa shape index (κ1) is 19.8. The lowest BCUT2D eigenvalue weighted by molar-refractivity contribution is 0.168. The summed E-state index contributed by atoms with van der Waals surface area (Å²) in [5, 5.41) is 9.03. The molecule has 0 saturated heterocycles. The van der Waals surface area contributed by atoms with Gasteiger partial charge in [-0.2, -0.15) is 0 Å². The monoisotopic (exact) mass is 289 g/mol. The molecule has 0 aromatic rings. The van der Waals surface area contributed by atoms with Crippen molar-refractivity contribution in [3.05, 3.63) is 0 Å². The largest absolute Gasteiger partial charge is 0.395 e. The SMILES string of the molecule is CCC(CCCN(CCN)CCO)N(CCN)CCN. The van der Waals surface area contributed by atoms with Crippen LogP contribution in [-0.2, 0) is 0 Å². The fourth-order valence-corrected chi connectivity index (χ4v) is 2.66. The minimum Gasteiger partial charge on any atom is -0.395 e. The van der Waals surface area contributed by atoms with Gasteiger partial charge in [-0.05, 0) is 25.8 Å². The van der Waals surface area contributed by atoms with Crippen LogP contribution in [0.15, 0.2) is 0 Å². The van der Waals surface area contributed by atoms with Crippen molar-refractivity contribution in [3.63, 3.8) is 0 Å². The zero-order chi connectivity index (χ0) is 15.2. The molecule has 7 N–H and O–H groups in total. The van der Waals surface area contributed by atoms with Crippen molar-refractivity contribution >= 4 is 0 Å². The molecule has 0 aliphatic rings. The Morgan fingerprint density at radius 3 is 1.95 bits per heavy atom. The predicted octanol–water partition coefficient (Wildman–Crippen LogP) is -0.982. The first-order valence-electron chi connectivity index (χ1n) is 7.90. The number of aliphatic hydroxyl groups excluding tert-OH is 1.